The van der Waals surface area contributed by atoms with Crippen LogP contribution in [-0.4, -0.2) is 29.2 Å². The number of anilines is 1. The third-order valence-electron chi connectivity index (χ3n) is 5.77. The fraction of sp³-hybridized carbons (Fsp3) is 0.231. The first-order chi connectivity index (χ1) is 17.1. The molecule has 0 atom stereocenters. The van der Waals surface area contributed by atoms with Crippen LogP contribution in [0.4, 0.5) is 5.00 Å². The molecule has 0 saturated heterocycles. The molecule has 9 heteroatoms. The molecule has 0 bridgehead atoms. The molecule has 0 radical (unpaired) electrons. The summed E-state index contributed by atoms with van der Waals surface area (Å²) in [5, 5.41) is 11.4. The number of aryl methyl sites for hydroxylation is 1. The fourth-order valence-corrected chi connectivity index (χ4v) is 5.27. The summed E-state index contributed by atoms with van der Waals surface area (Å²) in [4.78, 5) is 27.2. The van der Waals surface area contributed by atoms with Crippen molar-refractivity contribution in [3.8, 4) is 17.2 Å². The molecule has 4 aromatic rings. The molecular formula is C26H23N3O5S. The number of nitrogens with zero attached hydrogens (tertiary/aromatic N) is 2. The van der Waals surface area contributed by atoms with Gasteiger partial charge in [0.05, 0.1) is 12.7 Å². The highest BCUT2D eigenvalue weighted by Crippen LogP contribution is 2.39. The molecule has 8 nitrogen and oxygen atoms in total. The van der Waals surface area contributed by atoms with Gasteiger partial charge in [-0.3, -0.25) is 4.79 Å². The molecule has 0 spiro atoms. The van der Waals surface area contributed by atoms with Crippen molar-refractivity contribution in [3.05, 3.63) is 82.1 Å². The van der Waals surface area contributed by atoms with Crippen molar-refractivity contribution in [1.82, 2.24) is 10.2 Å². The highest BCUT2D eigenvalue weighted by atomic mass is 32.1. The first kappa shape index (κ1) is 22.8. The summed E-state index contributed by atoms with van der Waals surface area (Å²) in [5.74, 6) is 0.398. The quantitative estimate of drug-likeness (QED) is 0.352. The summed E-state index contributed by atoms with van der Waals surface area (Å²) in [6.07, 6.45) is 3.69. The number of esters is 1. The Kier molecular flexibility index (Phi) is 6.58. The van der Waals surface area contributed by atoms with E-state index in [2.05, 4.69) is 15.5 Å². The Morgan fingerprint density at radius 1 is 1.03 bits per heavy atom. The van der Waals surface area contributed by atoms with Crippen LogP contribution in [-0.2, 0) is 24.2 Å². The zero-order chi connectivity index (χ0) is 24.2. The van der Waals surface area contributed by atoms with Gasteiger partial charge in [0, 0.05) is 16.0 Å². The van der Waals surface area contributed by atoms with Crippen molar-refractivity contribution in [1.29, 1.82) is 0 Å². The number of amides is 1. The maximum atomic E-state index is 13.2. The number of methoxy groups -OCH3 is 1. The average Bonchev–Trinajstić information content (AvgIpc) is 3.52. The number of nitrogens with one attached hydrogen (secondary N) is 1. The van der Waals surface area contributed by atoms with Crippen LogP contribution in [0.1, 0.15) is 49.9 Å². The van der Waals surface area contributed by atoms with Crippen molar-refractivity contribution in [2.24, 2.45) is 0 Å². The van der Waals surface area contributed by atoms with E-state index in [1.165, 1.54) is 11.3 Å². The maximum absolute atomic E-state index is 13.2. The van der Waals surface area contributed by atoms with Crippen molar-refractivity contribution in [3.63, 3.8) is 0 Å². The number of thiophene rings is 1. The first-order valence-corrected chi connectivity index (χ1v) is 12.1. The van der Waals surface area contributed by atoms with E-state index in [0.717, 1.165) is 41.7 Å². The molecule has 1 N–H and O–H groups in total. The highest BCUT2D eigenvalue weighted by molar-refractivity contribution is 7.17. The van der Waals surface area contributed by atoms with Gasteiger partial charge < -0.3 is 19.2 Å². The zero-order valence-electron chi connectivity index (χ0n) is 19.1. The minimum atomic E-state index is -0.520. The molecule has 0 unspecified atom stereocenters. The largest absolute Gasteiger partial charge is 0.497 e. The van der Waals surface area contributed by atoms with Crippen LogP contribution >= 0.6 is 11.3 Å². The van der Waals surface area contributed by atoms with Crippen LogP contribution in [0.3, 0.4) is 0 Å². The van der Waals surface area contributed by atoms with E-state index in [9.17, 15) is 9.59 Å². The lowest BCUT2D eigenvalue weighted by atomic mass is 9.95. The highest BCUT2D eigenvalue weighted by Gasteiger charge is 2.28. The number of benzene rings is 2. The van der Waals surface area contributed by atoms with Crippen LogP contribution in [0.25, 0.3) is 11.5 Å². The van der Waals surface area contributed by atoms with Gasteiger partial charge in [0.2, 0.25) is 5.89 Å². The number of ether oxygens (including phenoxy) is 2. The summed E-state index contributed by atoms with van der Waals surface area (Å²) in [6.45, 7) is -0.158. The minimum Gasteiger partial charge on any atom is -0.497 e. The van der Waals surface area contributed by atoms with E-state index in [0.29, 0.717) is 27.8 Å². The van der Waals surface area contributed by atoms with E-state index >= 15 is 0 Å². The number of rotatable bonds is 7. The predicted octanol–water partition coefficient (Wildman–Crippen LogP) is 5.29. The van der Waals surface area contributed by atoms with Crippen molar-refractivity contribution < 1.29 is 23.5 Å². The molecule has 2 aromatic heterocycles. The normalized spacial score (nSPS) is 12.6. The molecule has 178 valence electrons. The van der Waals surface area contributed by atoms with E-state index in [1.54, 1.807) is 31.4 Å². The van der Waals surface area contributed by atoms with Crippen LogP contribution < -0.4 is 10.1 Å². The third-order valence-corrected chi connectivity index (χ3v) is 6.98. The van der Waals surface area contributed by atoms with Crippen LogP contribution in [0, 0.1) is 0 Å². The Morgan fingerprint density at radius 3 is 2.57 bits per heavy atom. The van der Waals surface area contributed by atoms with Crippen LogP contribution in [0.5, 0.6) is 5.75 Å². The van der Waals surface area contributed by atoms with Crippen LogP contribution in [0.2, 0.25) is 0 Å². The second-order valence-corrected chi connectivity index (χ2v) is 9.15. The standard InChI is InChI=1S/C26H23N3O5S/c1-32-18-13-11-16(12-14-18)23(30)27-25-22(19-9-5-6-10-20(19)35-25)26(31)33-15-21-28-29-24(34-21)17-7-3-2-4-8-17/h2-4,7-8,11-14H,5-6,9-10,15H2,1H3,(H,27,30). The first-order valence-electron chi connectivity index (χ1n) is 11.3. The number of aromatic nitrogens is 2. The Morgan fingerprint density at radius 2 is 1.80 bits per heavy atom. The molecular weight excluding hydrogens is 466 g/mol. The van der Waals surface area contributed by atoms with Gasteiger partial charge in [-0.2, -0.15) is 0 Å². The maximum Gasteiger partial charge on any atom is 0.341 e. The van der Waals surface area contributed by atoms with Gasteiger partial charge in [-0.15, -0.1) is 21.5 Å². The monoisotopic (exact) mass is 489 g/mol. The second kappa shape index (κ2) is 10.1. The van der Waals surface area contributed by atoms with Crippen molar-refractivity contribution in [2.45, 2.75) is 32.3 Å². The number of carbonyl (C=O) groups excluding carboxylic acids is 2. The molecule has 35 heavy (non-hydrogen) atoms. The Labute approximate surface area is 205 Å². The molecule has 1 aliphatic carbocycles. The Balaban J connectivity index is 1.33. The number of hydrogen-bond donors (Lipinski definition) is 1. The van der Waals surface area contributed by atoms with Gasteiger partial charge in [0.25, 0.3) is 11.8 Å². The lowest BCUT2D eigenvalue weighted by molar-refractivity contribution is 0.0439. The van der Waals surface area contributed by atoms with E-state index in [-0.39, 0.29) is 18.4 Å². The third kappa shape index (κ3) is 4.95. The zero-order valence-corrected chi connectivity index (χ0v) is 19.9. The summed E-state index contributed by atoms with van der Waals surface area (Å²) in [6, 6.07) is 16.2. The van der Waals surface area contributed by atoms with Gasteiger partial charge in [-0.1, -0.05) is 18.2 Å². The summed E-state index contributed by atoms with van der Waals surface area (Å²) < 4.78 is 16.3. The predicted molar refractivity (Wildman–Crippen MR) is 131 cm³/mol. The van der Waals surface area contributed by atoms with E-state index in [4.69, 9.17) is 13.9 Å². The Hall–Kier alpha value is -3.98. The Bertz CT molecular complexity index is 1350. The molecule has 5 rings (SSSR count). The number of carbonyl (C=O) groups is 2. The van der Waals surface area contributed by atoms with Crippen molar-refractivity contribution >= 4 is 28.2 Å². The molecule has 0 saturated carbocycles. The summed E-state index contributed by atoms with van der Waals surface area (Å²) in [7, 11) is 1.57. The number of fused-ring (bicyclic) bond motifs is 1. The fourth-order valence-electron chi connectivity index (χ4n) is 4.00. The van der Waals surface area contributed by atoms with E-state index < -0.39 is 5.97 Å². The minimum absolute atomic E-state index is 0.158. The summed E-state index contributed by atoms with van der Waals surface area (Å²) in [5.41, 5.74) is 2.62. The average molecular weight is 490 g/mol. The number of hydrogen-bond acceptors (Lipinski definition) is 8. The van der Waals surface area contributed by atoms with Gasteiger partial charge in [0.1, 0.15) is 10.8 Å². The summed E-state index contributed by atoms with van der Waals surface area (Å²) >= 11 is 1.44. The molecule has 2 heterocycles. The van der Waals surface area contributed by atoms with E-state index in [1.807, 2.05) is 30.3 Å². The molecule has 1 aliphatic rings. The topological polar surface area (TPSA) is 104 Å². The van der Waals surface area contributed by atoms with Gasteiger partial charge in [-0.05, 0) is 67.6 Å². The lowest BCUT2D eigenvalue weighted by Crippen LogP contribution is -2.15. The smallest absolute Gasteiger partial charge is 0.341 e. The van der Waals surface area contributed by atoms with Gasteiger partial charge in [-0.25, -0.2) is 4.79 Å². The van der Waals surface area contributed by atoms with Crippen LogP contribution in [0.15, 0.2) is 59.0 Å². The molecule has 1 amide bonds. The second-order valence-electron chi connectivity index (χ2n) is 8.04. The van der Waals surface area contributed by atoms with Gasteiger partial charge >= 0.3 is 5.97 Å². The molecule has 0 fully saturated rings. The SMILES string of the molecule is COc1ccc(C(=O)Nc2sc3c(c2C(=O)OCc2nnc(-c4ccccc4)o2)CCCC3)cc1. The van der Waals surface area contributed by atoms with Crippen molar-refractivity contribution in [2.75, 3.05) is 12.4 Å². The lowest BCUT2D eigenvalue weighted by Gasteiger charge is -2.12. The molecule has 2 aromatic carbocycles. The molecule has 0 aliphatic heterocycles. The van der Waals surface area contributed by atoms with Gasteiger partial charge in [0.15, 0.2) is 6.61 Å².